The van der Waals surface area contributed by atoms with Crippen molar-refractivity contribution in [3.8, 4) is 28.0 Å². The van der Waals surface area contributed by atoms with Crippen LogP contribution in [0.1, 0.15) is 34.6 Å². The topological polar surface area (TPSA) is 12.5 Å². The van der Waals surface area contributed by atoms with E-state index in [-0.39, 0.29) is 12.0 Å². The number of aryl methyl sites for hydroxylation is 1. The summed E-state index contributed by atoms with van der Waals surface area (Å²) in [7, 11) is 0. The Bertz CT molecular complexity index is 2500. The molecule has 248 valence electrons. The molecule has 0 saturated carbocycles. The first kappa shape index (κ1) is 30.4. The first-order valence-corrected chi connectivity index (χ1v) is 18.3. The number of hydrogen-bond donors (Lipinski definition) is 0. The molecule has 52 heavy (non-hydrogen) atoms. The van der Waals surface area contributed by atoms with Gasteiger partial charge in [-0.3, -0.25) is 0 Å². The fourth-order valence-corrected chi connectivity index (χ4v) is 8.45. The minimum atomic E-state index is -0.0792. The van der Waals surface area contributed by atoms with Gasteiger partial charge < -0.3 is 9.64 Å². The van der Waals surface area contributed by atoms with Crippen molar-refractivity contribution in [1.29, 1.82) is 0 Å². The van der Waals surface area contributed by atoms with Crippen molar-refractivity contribution in [1.82, 2.24) is 0 Å². The summed E-state index contributed by atoms with van der Waals surface area (Å²) in [5.74, 6) is 1.17. The summed E-state index contributed by atoms with van der Waals surface area (Å²) in [5, 5.41) is 2.65. The van der Waals surface area contributed by atoms with Gasteiger partial charge in [-0.1, -0.05) is 146 Å². The van der Waals surface area contributed by atoms with Crippen LogP contribution in [-0.2, 0) is 6.42 Å². The second-order valence-corrected chi connectivity index (χ2v) is 13.9. The highest BCUT2D eigenvalue weighted by atomic mass is 16.5. The average Bonchev–Trinajstić information content (AvgIpc) is 3.61. The highest BCUT2D eigenvalue weighted by Crippen LogP contribution is 2.51. The van der Waals surface area contributed by atoms with E-state index in [0.29, 0.717) is 0 Å². The lowest BCUT2D eigenvalue weighted by molar-refractivity contribution is 0.279. The summed E-state index contributed by atoms with van der Waals surface area (Å²) in [6, 6.07) is 56.9. The van der Waals surface area contributed by atoms with Gasteiger partial charge in [-0.2, -0.15) is 0 Å². The Morgan fingerprint density at radius 1 is 0.558 bits per heavy atom. The molecule has 0 spiro atoms. The van der Waals surface area contributed by atoms with Crippen LogP contribution in [0.4, 0.5) is 17.1 Å². The molecule has 0 N–H and O–H groups in total. The van der Waals surface area contributed by atoms with Gasteiger partial charge >= 0.3 is 0 Å². The van der Waals surface area contributed by atoms with Crippen LogP contribution in [0.2, 0.25) is 0 Å². The predicted octanol–water partition coefficient (Wildman–Crippen LogP) is 13.1. The number of hydrogen-bond acceptors (Lipinski definition) is 2. The van der Waals surface area contributed by atoms with Crippen LogP contribution in [-0.4, -0.2) is 6.10 Å². The molecule has 0 radical (unpaired) electrons. The molecule has 2 nitrogen and oxygen atoms in total. The molecule has 0 saturated heterocycles. The summed E-state index contributed by atoms with van der Waals surface area (Å²) in [4.78, 5) is 2.31. The van der Waals surface area contributed by atoms with Crippen LogP contribution >= 0.6 is 0 Å². The number of allylic oxidation sites excluding steroid dienone is 3. The zero-order valence-electron chi connectivity index (χ0n) is 28.8. The molecule has 10 rings (SSSR count). The smallest absolute Gasteiger partial charge is 0.135 e. The SMILES string of the molecule is C1=CC2c3cccc(-c4cc5c(c6ccccc46)CCC=C5)c3OC2C(c2ccc(-c3cccc(N(c4ccccc4)c4ccccc4)c3)cc2)=C1. The number of benzene rings is 7. The van der Waals surface area contributed by atoms with Gasteiger partial charge in [0.05, 0.1) is 0 Å². The van der Waals surface area contributed by atoms with E-state index in [1.165, 1.54) is 60.9 Å². The Kier molecular flexibility index (Phi) is 7.46. The van der Waals surface area contributed by atoms with Gasteiger partial charge in [0, 0.05) is 39.7 Å². The molecule has 0 bridgehead atoms. The van der Waals surface area contributed by atoms with Crippen LogP contribution in [0.15, 0.2) is 182 Å². The van der Waals surface area contributed by atoms with Gasteiger partial charge in [0.15, 0.2) is 0 Å². The van der Waals surface area contributed by atoms with E-state index in [4.69, 9.17) is 4.74 Å². The third-order valence-corrected chi connectivity index (χ3v) is 10.9. The molecule has 7 aromatic carbocycles. The van der Waals surface area contributed by atoms with Gasteiger partial charge in [0.25, 0.3) is 0 Å². The Hall–Kier alpha value is -6.38. The number of rotatable bonds is 6. The molecule has 2 atom stereocenters. The maximum absolute atomic E-state index is 7.05. The van der Waals surface area contributed by atoms with Crippen molar-refractivity contribution >= 4 is 39.5 Å². The number of nitrogens with zero attached hydrogens (tertiary/aromatic N) is 1. The second kappa shape index (κ2) is 12.7. The van der Waals surface area contributed by atoms with E-state index in [2.05, 4.69) is 193 Å². The van der Waals surface area contributed by atoms with Gasteiger partial charge in [-0.25, -0.2) is 0 Å². The molecule has 3 aliphatic rings. The highest BCUT2D eigenvalue weighted by molar-refractivity contribution is 6.02. The monoisotopic (exact) mass is 667 g/mol. The lowest BCUT2D eigenvalue weighted by Gasteiger charge is -2.26. The number of ether oxygens (including phenoxy) is 1. The van der Waals surface area contributed by atoms with Crippen molar-refractivity contribution < 1.29 is 4.74 Å². The fraction of sp³-hybridized carbons (Fsp3) is 0.0800. The van der Waals surface area contributed by atoms with E-state index in [1.807, 2.05) is 0 Å². The molecule has 0 amide bonds. The number of anilines is 3. The molecular weight excluding hydrogens is 631 g/mol. The van der Waals surface area contributed by atoms with Crippen molar-refractivity contribution in [2.45, 2.75) is 24.9 Å². The average molecular weight is 668 g/mol. The van der Waals surface area contributed by atoms with Crippen LogP contribution in [0.3, 0.4) is 0 Å². The summed E-state index contributed by atoms with van der Waals surface area (Å²) in [6.45, 7) is 0. The lowest BCUT2D eigenvalue weighted by atomic mass is 9.83. The zero-order chi connectivity index (χ0) is 34.4. The Balaban J connectivity index is 0.971. The maximum Gasteiger partial charge on any atom is 0.135 e. The zero-order valence-corrected chi connectivity index (χ0v) is 28.8. The summed E-state index contributed by atoms with van der Waals surface area (Å²) < 4.78 is 7.05. The van der Waals surface area contributed by atoms with Crippen molar-refractivity contribution in [3.05, 3.63) is 204 Å². The predicted molar refractivity (Wildman–Crippen MR) is 218 cm³/mol. The normalized spacial score (nSPS) is 16.8. The van der Waals surface area contributed by atoms with Crippen LogP contribution in [0, 0.1) is 0 Å². The lowest BCUT2D eigenvalue weighted by Crippen LogP contribution is -2.21. The summed E-state index contributed by atoms with van der Waals surface area (Å²) in [5.41, 5.74) is 14.6. The first-order valence-electron chi connectivity index (χ1n) is 18.3. The Labute approximate surface area is 305 Å². The second-order valence-electron chi connectivity index (χ2n) is 13.9. The van der Waals surface area contributed by atoms with Crippen molar-refractivity contribution in [2.24, 2.45) is 0 Å². The van der Waals surface area contributed by atoms with Crippen LogP contribution < -0.4 is 9.64 Å². The highest BCUT2D eigenvalue weighted by Gasteiger charge is 2.38. The van der Waals surface area contributed by atoms with E-state index in [9.17, 15) is 0 Å². The summed E-state index contributed by atoms with van der Waals surface area (Å²) >= 11 is 0. The van der Waals surface area contributed by atoms with E-state index < -0.39 is 0 Å². The molecule has 1 heterocycles. The first-order chi connectivity index (χ1) is 25.8. The number of para-hydroxylation sites is 3. The Morgan fingerprint density at radius 3 is 2.04 bits per heavy atom. The van der Waals surface area contributed by atoms with Crippen molar-refractivity contribution in [3.63, 3.8) is 0 Å². The van der Waals surface area contributed by atoms with Gasteiger partial charge in [-0.05, 0) is 99.5 Å². The van der Waals surface area contributed by atoms with Gasteiger partial charge in [0.2, 0.25) is 0 Å². The molecule has 2 aliphatic carbocycles. The van der Waals surface area contributed by atoms with Crippen molar-refractivity contribution in [2.75, 3.05) is 4.90 Å². The van der Waals surface area contributed by atoms with E-state index in [1.54, 1.807) is 0 Å². The molecule has 1 aliphatic heterocycles. The molecule has 7 aromatic rings. The standard InChI is InChI=1S/C50H37NO/c1-3-16-38(17-4-1)51(39-18-5-2-6-19-39)40-20-11-15-36(32-40)34-28-30-35(31-29-34)42-24-12-25-45-46-26-13-27-47(50(46)52-49(42)45)48-33-37-14-7-8-21-41(37)43-22-9-10-23-44(43)48/h1-7,9-20,22-33,45,49H,8,21H2. The minimum absolute atomic E-state index is 0.0792. The molecule has 2 unspecified atom stereocenters. The minimum Gasteiger partial charge on any atom is -0.484 e. The third-order valence-electron chi connectivity index (χ3n) is 10.9. The van der Waals surface area contributed by atoms with Crippen LogP contribution in [0.5, 0.6) is 5.75 Å². The third kappa shape index (κ3) is 5.18. The molecule has 0 fully saturated rings. The number of fused-ring (bicyclic) bond motifs is 6. The molecule has 0 aromatic heterocycles. The molecular formula is C50H37NO. The van der Waals surface area contributed by atoms with Gasteiger partial charge in [-0.15, -0.1) is 0 Å². The van der Waals surface area contributed by atoms with E-state index in [0.717, 1.165) is 35.7 Å². The fourth-order valence-electron chi connectivity index (χ4n) is 8.45. The largest absolute Gasteiger partial charge is 0.484 e. The quantitative estimate of drug-likeness (QED) is 0.175. The van der Waals surface area contributed by atoms with Crippen LogP contribution in [0.25, 0.3) is 44.7 Å². The van der Waals surface area contributed by atoms with E-state index >= 15 is 0 Å². The Morgan fingerprint density at radius 2 is 1.25 bits per heavy atom. The molecule has 2 heteroatoms. The summed E-state index contributed by atoms with van der Waals surface area (Å²) in [6.07, 6.45) is 13.5. The van der Waals surface area contributed by atoms with Gasteiger partial charge in [0.1, 0.15) is 11.9 Å². The maximum atomic E-state index is 7.05.